The Morgan fingerprint density at radius 1 is 1.20 bits per heavy atom. The van der Waals surface area contributed by atoms with Gasteiger partial charge in [-0.3, -0.25) is 24.1 Å². The first kappa shape index (κ1) is 19.9. The number of anilines is 2. The molecule has 10 heteroatoms. The summed E-state index contributed by atoms with van der Waals surface area (Å²) in [5, 5.41) is 5.28. The van der Waals surface area contributed by atoms with Crippen LogP contribution in [0.15, 0.2) is 42.6 Å². The number of benzene rings is 1. The SMILES string of the molecule is O=C1CN(c2ccc(NC(=O)c3cccc(CN4C(=O)CSC4=O)c3)cn2)CCN1. The van der Waals surface area contributed by atoms with Gasteiger partial charge in [0.15, 0.2) is 0 Å². The Bertz CT molecular complexity index is 995. The van der Waals surface area contributed by atoms with Crippen LogP contribution in [0.1, 0.15) is 15.9 Å². The fourth-order valence-corrected chi connectivity index (χ4v) is 3.94. The molecule has 2 aliphatic rings. The molecule has 1 aromatic carbocycles. The lowest BCUT2D eigenvalue weighted by Gasteiger charge is -2.27. The molecular formula is C20H19N5O4S. The highest BCUT2D eigenvalue weighted by molar-refractivity contribution is 8.14. The molecule has 30 heavy (non-hydrogen) atoms. The molecule has 2 aliphatic heterocycles. The van der Waals surface area contributed by atoms with Crippen molar-refractivity contribution in [3.8, 4) is 0 Å². The predicted octanol–water partition coefficient (Wildman–Crippen LogP) is 1.47. The number of imide groups is 1. The molecule has 3 heterocycles. The van der Waals surface area contributed by atoms with E-state index in [1.807, 2.05) is 4.90 Å². The molecule has 2 N–H and O–H groups in total. The molecule has 2 saturated heterocycles. The van der Waals surface area contributed by atoms with Gasteiger partial charge < -0.3 is 15.5 Å². The van der Waals surface area contributed by atoms with Crippen molar-refractivity contribution in [2.45, 2.75) is 6.54 Å². The van der Waals surface area contributed by atoms with Crippen LogP contribution in [0.25, 0.3) is 0 Å². The average molecular weight is 425 g/mol. The van der Waals surface area contributed by atoms with Gasteiger partial charge >= 0.3 is 0 Å². The van der Waals surface area contributed by atoms with Crippen LogP contribution in [-0.2, 0) is 16.1 Å². The highest BCUT2D eigenvalue weighted by atomic mass is 32.2. The Morgan fingerprint density at radius 2 is 2.07 bits per heavy atom. The monoisotopic (exact) mass is 425 g/mol. The minimum Gasteiger partial charge on any atom is -0.353 e. The number of hydrogen-bond acceptors (Lipinski definition) is 7. The van der Waals surface area contributed by atoms with Crippen LogP contribution in [0.4, 0.5) is 16.3 Å². The van der Waals surface area contributed by atoms with Gasteiger partial charge in [0.25, 0.3) is 11.1 Å². The van der Waals surface area contributed by atoms with E-state index in [0.717, 1.165) is 11.8 Å². The lowest BCUT2D eigenvalue weighted by Crippen LogP contribution is -2.48. The van der Waals surface area contributed by atoms with Crippen LogP contribution < -0.4 is 15.5 Å². The summed E-state index contributed by atoms with van der Waals surface area (Å²) >= 11 is 0.982. The quantitative estimate of drug-likeness (QED) is 0.746. The zero-order valence-corrected chi connectivity index (χ0v) is 16.8. The zero-order chi connectivity index (χ0) is 21.1. The third-order valence-corrected chi connectivity index (χ3v) is 5.60. The average Bonchev–Trinajstić information content (AvgIpc) is 3.06. The minimum absolute atomic E-state index is 0.0452. The van der Waals surface area contributed by atoms with Gasteiger partial charge in [-0.25, -0.2) is 4.98 Å². The molecule has 0 atom stereocenters. The third kappa shape index (κ3) is 4.43. The van der Waals surface area contributed by atoms with E-state index < -0.39 is 0 Å². The van der Waals surface area contributed by atoms with E-state index in [0.29, 0.717) is 35.7 Å². The number of hydrogen-bond donors (Lipinski definition) is 2. The third-order valence-electron chi connectivity index (χ3n) is 4.74. The van der Waals surface area contributed by atoms with E-state index in [9.17, 15) is 19.2 Å². The Morgan fingerprint density at radius 3 is 2.77 bits per heavy atom. The van der Waals surface area contributed by atoms with Gasteiger partial charge in [0.1, 0.15) is 5.82 Å². The van der Waals surface area contributed by atoms with Gasteiger partial charge in [-0.05, 0) is 29.8 Å². The van der Waals surface area contributed by atoms with Gasteiger partial charge in [-0.15, -0.1) is 0 Å². The first-order valence-electron chi connectivity index (χ1n) is 9.35. The number of nitrogens with one attached hydrogen (secondary N) is 2. The van der Waals surface area contributed by atoms with Gasteiger partial charge in [0.05, 0.1) is 30.7 Å². The maximum absolute atomic E-state index is 12.6. The smallest absolute Gasteiger partial charge is 0.289 e. The van der Waals surface area contributed by atoms with Gasteiger partial charge in [0, 0.05) is 18.7 Å². The normalized spacial score (nSPS) is 16.6. The van der Waals surface area contributed by atoms with Crippen LogP contribution in [0.5, 0.6) is 0 Å². The van der Waals surface area contributed by atoms with Crippen molar-refractivity contribution in [1.29, 1.82) is 0 Å². The second kappa shape index (κ2) is 8.54. The summed E-state index contributed by atoms with van der Waals surface area (Å²) in [5.74, 6) is 0.234. The summed E-state index contributed by atoms with van der Waals surface area (Å²) in [6, 6.07) is 10.3. The first-order valence-corrected chi connectivity index (χ1v) is 10.3. The topological polar surface area (TPSA) is 112 Å². The van der Waals surface area contributed by atoms with E-state index in [1.54, 1.807) is 42.6 Å². The Hall–Kier alpha value is -3.40. The molecule has 0 aliphatic carbocycles. The van der Waals surface area contributed by atoms with E-state index in [-0.39, 0.29) is 41.8 Å². The summed E-state index contributed by atoms with van der Waals surface area (Å²) in [5.41, 5.74) is 1.64. The predicted molar refractivity (Wildman–Crippen MR) is 112 cm³/mol. The molecule has 0 unspecified atom stereocenters. The molecule has 2 fully saturated rings. The summed E-state index contributed by atoms with van der Waals surface area (Å²) < 4.78 is 0. The number of amides is 4. The summed E-state index contributed by atoms with van der Waals surface area (Å²) in [6.45, 7) is 1.65. The summed E-state index contributed by atoms with van der Waals surface area (Å²) in [7, 11) is 0. The van der Waals surface area contributed by atoms with Crippen molar-refractivity contribution in [3.05, 3.63) is 53.7 Å². The van der Waals surface area contributed by atoms with Gasteiger partial charge in [0.2, 0.25) is 11.8 Å². The van der Waals surface area contributed by atoms with Crippen LogP contribution in [-0.4, -0.2) is 58.2 Å². The molecule has 2 aromatic rings. The molecule has 4 amide bonds. The van der Waals surface area contributed by atoms with E-state index in [4.69, 9.17) is 0 Å². The van der Waals surface area contributed by atoms with Crippen LogP contribution in [0.2, 0.25) is 0 Å². The van der Waals surface area contributed by atoms with Crippen molar-refractivity contribution in [2.75, 3.05) is 35.6 Å². The summed E-state index contributed by atoms with van der Waals surface area (Å²) in [6.07, 6.45) is 1.54. The number of pyridine rings is 1. The number of carbonyl (C=O) groups is 4. The molecule has 4 rings (SSSR count). The molecule has 0 radical (unpaired) electrons. The zero-order valence-electron chi connectivity index (χ0n) is 16.0. The molecule has 9 nitrogen and oxygen atoms in total. The lowest BCUT2D eigenvalue weighted by atomic mass is 10.1. The van der Waals surface area contributed by atoms with Crippen molar-refractivity contribution in [1.82, 2.24) is 15.2 Å². The van der Waals surface area contributed by atoms with Gasteiger partial charge in [-0.1, -0.05) is 23.9 Å². The van der Waals surface area contributed by atoms with Crippen molar-refractivity contribution >= 4 is 46.2 Å². The molecule has 154 valence electrons. The molecular weight excluding hydrogens is 406 g/mol. The maximum atomic E-state index is 12.6. The highest BCUT2D eigenvalue weighted by Gasteiger charge is 2.29. The van der Waals surface area contributed by atoms with Crippen LogP contribution >= 0.6 is 11.8 Å². The number of nitrogens with zero attached hydrogens (tertiary/aromatic N) is 3. The number of piperazine rings is 1. The molecule has 0 saturated carbocycles. The highest BCUT2D eigenvalue weighted by Crippen LogP contribution is 2.22. The second-order valence-corrected chi connectivity index (χ2v) is 7.79. The number of carbonyl (C=O) groups excluding carboxylic acids is 4. The standard InChI is InChI=1S/C20H19N5O4S/c26-17-11-24(7-6-21-17)16-5-4-15(9-22-16)23-19(28)14-3-1-2-13(8-14)10-25-18(27)12-30-20(25)29/h1-5,8-9H,6-7,10-12H2,(H,21,26)(H,23,28). The molecule has 0 bridgehead atoms. The van der Waals surface area contributed by atoms with Crippen molar-refractivity contribution in [3.63, 3.8) is 0 Å². The summed E-state index contributed by atoms with van der Waals surface area (Å²) in [4.78, 5) is 55.1. The Balaban J connectivity index is 1.40. The van der Waals surface area contributed by atoms with Gasteiger partial charge in [-0.2, -0.15) is 0 Å². The van der Waals surface area contributed by atoms with E-state index in [1.165, 1.54) is 4.90 Å². The minimum atomic E-state index is -0.322. The number of rotatable bonds is 5. The molecule has 1 aromatic heterocycles. The number of thioether (sulfide) groups is 1. The van der Waals surface area contributed by atoms with E-state index in [2.05, 4.69) is 15.6 Å². The number of aromatic nitrogens is 1. The van der Waals surface area contributed by atoms with Crippen LogP contribution in [0.3, 0.4) is 0 Å². The maximum Gasteiger partial charge on any atom is 0.289 e. The Kier molecular flexibility index (Phi) is 5.66. The fourth-order valence-electron chi connectivity index (χ4n) is 3.21. The fraction of sp³-hybridized carbons (Fsp3) is 0.250. The second-order valence-electron chi connectivity index (χ2n) is 6.87. The van der Waals surface area contributed by atoms with E-state index >= 15 is 0 Å². The van der Waals surface area contributed by atoms with Crippen molar-refractivity contribution in [2.24, 2.45) is 0 Å². The lowest BCUT2D eigenvalue weighted by molar-refractivity contribution is -0.125. The molecule has 0 spiro atoms. The Labute approximate surface area is 176 Å². The largest absolute Gasteiger partial charge is 0.353 e. The van der Waals surface area contributed by atoms with Crippen LogP contribution in [0, 0.1) is 0 Å². The van der Waals surface area contributed by atoms with Crippen molar-refractivity contribution < 1.29 is 19.2 Å². The first-order chi connectivity index (χ1) is 14.5.